The lowest BCUT2D eigenvalue weighted by Gasteiger charge is -2.10. The van der Waals surface area contributed by atoms with Gasteiger partial charge in [-0.3, -0.25) is 0 Å². The number of benzene rings is 1. The maximum Gasteiger partial charge on any atom is 0.335 e. The number of aromatic carboxylic acids is 1. The fourth-order valence-corrected chi connectivity index (χ4v) is 2.48. The number of carbonyl (C=O) groups is 1. The van der Waals surface area contributed by atoms with E-state index < -0.39 is 5.97 Å². The van der Waals surface area contributed by atoms with E-state index in [4.69, 9.17) is 5.11 Å². The first kappa shape index (κ1) is 14.7. The van der Waals surface area contributed by atoms with Crippen molar-refractivity contribution in [1.29, 1.82) is 0 Å². The zero-order valence-electron chi connectivity index (χ0n) is 12.7. The zero-order chi connectivity index (χ0) is 16.4. The minimum absolute atomic E-state index is 0.259. The Balaban J connectivity index is 2.01. The van der Waals surface area contributed by atoms with Crippen LogP contribution in [0.3, 0.4) is 0 Å². The average molecular weight is 309 g/mol. The summed E-state index contributed by atoms with van der Waals surface area (Å²) < 4.78 is 3.51. The number of aryl methyl sites for hydroxylation is 1. The molecule has 0 saturated carbocycles. The highest BCUT2D eigenvalue weighted by molar-refractivity contribution is 5.88. The van der Waals surface area contributed by atoms with Crippen LogP contribution in [0.2, 0.25) is 0 Å². The Labute approximate surface area is 132 Å². The molecule has 0 unspecified atom stereocenters. The van der Waals surface area contributed by atoms with E-state index in [-0.39, 0.29) is 5.56 Å². The van der Waals surface area contributed by atoms with E-state index in [0.29, 0.717) is 0 Å². The lowest BCUT2D eigenvalue weighted by atomic mass is 10.2. The molecule has 3 aromatic rings. The molecule has 0 atom stereocenters. The van der Waals surface area contributed by atoms with Crippen LogP contribution in [0.4, 0.5) is 0 Å². The predicted octanol–water partition coefficient (Wildman–Crippen LogP) is 2.27. The van der Waals surface area contributed by atoms with Gasteiger partial charge in [0.05, 0.1) is 11.8 Å². The summed E-state index contributed by atoms with van der Waals surface area (Å²) in [4.78, 5) is 11.1. The van der Waals surface area contributed by atoms with Gasteiger partial charge >= 0.3 is 5.97 Å². The number of nitrogens with zero attached hydrogens (tertiary/aromatic N) is 5. The van der Waals surface area contributed by atoms with Crippen LogP contribution < -0.4 is 0 Å². The van der Waals surface area contributed by atoms with Crippen molar-refractivity contribution < 1.29 is 9.90 Å². The summed E-state index contributed by atoms with van der Waals surface area (Å²) in [7, 11) is 0. The van der Waals surface area contributed by atoms with E-state index in [1.165, 1.54) is 17.3 Å². The van der Waals surface area contributed by atoms with Crippen LogP contribution >= 0.6 is 0 Å². The second kappa shape index (κ2) is 5.88. The van der Waals surface area contributed by atoms with Gasteiger partial charge in [-0.25, -0.2) is 9.47 Å². The minimum Gasteiger partial charge on any atom is -0.478 e. The molecule has 7 nitrogen and oxygen atoms in total. The van der Waals surface area contributed by atoms with Crippen molar-refractivity contribution in [2.45, 2.75) is 13.8 Å². The summed E-state index contributed by atoms with van der Waals surface area (Å²) in [5.74, 6) is -0.941. The molecule has 0 saturated heterocycles. The first-order valence-electron chi connectivity index (χ1n) is 6.98. The third-order valence-corrected chi connectivity index (χ3v) is 3.56. The van der Waals surface area contributed by atoms with Crippen molar-refractivity contribution in [2.75, 3.05) is 0 Å². The van der Waals surface area contributed by atoms with Crippen molar-refractivity contribution >= 4 is 12.2 Å². The van der Waals surface area contributed by atoms with Crippen LogP contribution in [0.15, 0.2) is 48.1 Å². The fourth-order valence-electron chi connectivity index (χ4n) is 2.48. The van der Waals surface area contributed by atoms with Crippen LogP contribution in [-0.4, -0.2) is 36.7 Å². The average Bonchev–Trinajstić information content (AvgIpc) is 3.13. The van der Waals surface area contributed by atoms with Gasteiger partial charge in [-0.15, -0.1) is 10.2 Å². The lowest BCUT2D eigenvalue weighted by molar-refractivity contribution is 0.0697. The molecule has 7 heteroatoms. The maximum atomic E-state index is 11.1. The highest BCUT2D eigenvalue weighted by atomic mass is 16.4. The molecule has 0 aliphatic carbocycles. The highest BCUT2D eigenvalue weighted by Crippen LogP contribution is 2.20. The molecule has 0 bridgehead atoms. The topological polar surface area (TPSA) is 85.3 Å². The van der Waals surface area contributed by atoms with Gasteiger partial charge < -0.3 is 9.67 Å². The van der Waals surface area contributed by atoms with E-state index >= 15 is 0 Å². The van der Waals surface area contributed by atoms with E-state index in [2.05, 4.69) is 15.3 Å². The van der Waals surface area contributed by atoms with Crippen LogP contribution in [0.25, 0.3) is 5.69 Å². The van der Waals surface area contributed by atoms with Gasteiger partial charge in [0.2, 0.25) is 0 Å². The molecule has 116 valence electrons. The molecule has 0 aliphatic rings. The van der Waals surface area contributed by atoms with Crippen LogP contribution in [0.1, 0.15) is 27.3 Å². The Kier molecular flexibility index (Phi) is 3.76. The monoisotopic (exact) mass is 309 g/mol. The van der Waals surface area contributed by atoms with E-state index in [1.807, 2.05) is 30.5 Å². The Morgan fingerprint density at radius 1 is 1.22 bits per heavy atom. The molecular formula is C16H15N5O2. The summed E-state index contributed by atoms with van der Waals surface area (Å²) in [5, 5.41) is 20.8. The second-order valence-electron chi connectivity index (χ2n) is 5.10. The number of rotatable bonds is 4. The summed E-state index contributed by atoms with van der Waals surface area (Å²) in [6.45, 7) is 3.94. The van der Waals surface area contributed by atoms with Crippen LogP contribution in [-0.2, 0) is 0 Å². The summed E-state index contributed by atoms with van der Waals surface area (Å²) in [6, 6.07) is 8.85. The Morgan fingerprint density at radius 3 is 2.65 bits per heavy atom. The zero-order valence-corrected chi connectivity index (χ0v) is 12.7. The molecule has 0 fully saturated rings. The number of carboxylic acid groups (broad SMARTS) is 1. The molecule has 1 aromatic carbocycles. The molecule has 3 rings (SSSR count). The third kappa shape index (κ3) is 2.89. The number of carboxylic acids is 1. The van der Waals surface area contributed by atoms with Gasteiger partial charge in [0, 0.05) is 22.6 Å². The van der Waals surface area contributed by atoms with Gasteiger partial charge in [-0.2, -0.15) is 5.10 Å². The first-order chi connectivity index (χ1) is 11.1. The summed E-state index contributed by atoms with van der Waals surface area (Å²) in [6.07, 6.45) is 4.74. The molecule has 2 aromatic heterocycles. The molecule has 0 amide bonds. The molecular weight excluding hydrogens is 294 g/mol. The summed E-state index contributed by atoms with van der Waals surface area (Å²) in [5.41, 5.74) is 3.98. The second-order valence-corrected chi connectivity index (χ2v) is 5.10. The normalized spacial score (nSPS) is 11.2. The third-order valence-electron chi connectivity index (χ3n) is 3.56. The Hall–Kier alpha value is -3.22. The lowest BCUT2D eigenvalue weighted by Crippen LogP contribution is -2.03. The molecule has 0 radical (unpaired) electrons. The van der Waals surface area contributed by atoms with Crippen molar-refractivity contribution in [1.82, 2.24) is 19.4 Å². The molecule has 0 aliphatic heterocycles. The fraction of sp³-hybridized carbons (Fsp3) is 0.125. The minimum atomic E-state index is -0.941. The van der Waals surface area contributed by atoms with Gasteiger partial charge in [0.1, 0.15) is 12.7 Å². The van der Waals surface area contributed by atoms with Crippen molar-refractivity contribution in [3.05, 3.63) is 65.5 Å². The number of aromatic nitrogens is 4. The Morgan fingerprint density at radius 2 is 1.96 bits per heavy atom. The van der Waals surface area contributed by atoms with E-state index in [1.54, 1.807) is 24.4 Å². The Bertz CT molecular complexity index is 878. The predicted molar refractivity (Wildman–Crippen MR) is 85.2 cm³/mol. The van der Waals surface area contributed by atoms with Crippen LogP contribution in [0.5, 0.6) is 0 Å². The van der Waals surface area contributed by atoms with Crippen molar-refractivity contribution in [3.8, 4) is 5.69 Å². The van der Waals surface area contributed by atoms with Gasteiger partial charge in [0.15, 0.2) is 0 Å². The van der Waals surface area contributed by atoms with Crippen molar-refractivity contribution in [2.24, 2.45) is 5.10 Å². The quantitative estimate of drug-likeness (QED) is 0.749. The highest BCUT2D eigenvalue weighted by Gasteiger charge is 2.11. The standard InChI is InChI=1S/C16H15N5O2/c1-11-6-14(8-19-20-9-17-18-10-20)12(2)21(11)15-5-3-4-13(7-15)16(22)23/h3-10H,1-2H3,(H,22,23)/b19-8+. The van der Waals surface area contributed by atoms with Gasteiger partial charge in [-0.1, -0.05) is 6.07 Å². The first-order valence-corrected chi connectivity index (χ1v) is 6.98. The largest absolute Gasteiger partial charge is 0.478 e. The van der Waals surface area contributed by atoms with Gasteiger partial charge in [0.25, 0.3) is 0 Å². The molecule has 2 heterocycles. The number of hydrogen-bond donors (Lipinski definition) is 1. The molecule has 0 spiro atoms. The maximum absolute atomic E-state index is 11.1. The van der Waals surface area contributed by atoms with E-state index in [9.17, 15) is 4.79 Å². The molecule has 1 N–H and O–H groups in total. The number of hydrogen-bond acceptors (Lipinski definition) is 4. The smallest absolute Gasteiger partial charge is 0.335 e. The van der Waals surface area contributed by atoms with E-state index in [0.717, 1.165) is 22.6 Å². The van der Waals surface area contributed by atoms with Crippen molar-refractivity contribution in [3.63, 3.8) is 0 Å². The SMILES string of the molecule is Cc1cc(/C=N/n2cnnc2)c(C)n1-c1cccc(C(=O)O)c1. The van der Waals surface area contributed by atoms with Crippen LogP contribution in [0, 0.1) is 13.8 Å². The van der Waals surface area contributed by atoms with Gasteiger partial charge in [-0.05, 0) is 38.1 Å². The summed E-state index contributed by atoms with van der Waals surface area (Å²) >= 11 is 0. The molecule has 23 heavy (non-hydrogen) atoms.